The normalized spacial score (nSPS) is 11.1. The topological polar surface area (TPSA) is 84.5 Å². The van der Waals surface area contributed by atoms with Crippen molar-refractivity contribution in [3.8, 4) is 5.75 Å². The van der Waals surface area contributed by atoms with E-state index in [2.05, 4.69) is 10.0 Å². The van der Waals surface area contributed by atoms with E-state index in [1.54, 1.807) is 25.1 Å². The summed E-state index contributed by atoms with van der Waals surface area (Å²) in [6.07, 6.45) is 0. The van der Waals surface area contributed by atoms with Gasteiger partial charge in [-0.25, -0.2) is 12.8 Å². The molecule has 3 rings (SSSR count). The molecule has 0 aliphatic heterocycles. The van der Waals surface area contributed by atoms with Gasteiger partial charge in [0.1, 0.15) is 11.6 Å². The highest BCUT2D eigenvalue weighted by atomic mass is 32.2. The van der Waals surface area contributed by atoms with Gasteiger partial charge < -0.3 is 10.1 Å². The van der Waals surface area contributed by atoms with Gasteiger partial charge in [0, 0.05) is 11.4 Å². The zero-order valence-electron chi connectivity index (χ0n) is 17.4. The number of hydrogen-bond acceptors (Lipinski definition) is 4. The van der Waals surface area contributed by atoms with E-state index in [9.17, 15) is 17.6 Å². The van der Waals surface area contributed by atoms with Gasteiger partial charge in [0.15, 0.2) is 6.61 Å². The molecule has 0 aliphatic rings. The first-order valence-electron chi connectivity index (χ1n) is 9.53. The van der Waals surface area contributed by atoms with Crippen LogP contribution < -0.4 is 14.8 Å². The molecule has 0 atom stereocenters. The molecule has 2 N–H and O–H groups in total. The predicted octanol–water partition coefficient (Wildman–Crippen LogP) is 4.57. The number of halogens is 1. The Morgan fingerprint density at radius 3 is 2.35 bits per heavy atom. The number of amides is 1. The SMILES string of the molecule is Cc1ccc(NS(=O)(=O)c2ccc(OCC(=O)Nc3cccc(F)c3)c(C)c2)cc1C. The highest BCUT2D eigenvalue weighted by molar-refractivity contribution is 7.92. The van der Waals surface area contributed by atoms with Gasteiger partial charge in [0.05, 0.1) is 4.90 Å². The summed E-state index contributed by atoms with van der Waals surface area (Å²) in [5, 5.41) is 2.53. The summed E-state index contributed by atoms with van der Waals surface area (Å²) in [6.45, 7) is 5.25. The maximum absolute atomic E-state index is 13.2. The second kappa shape index (κ2) is 9.18. The Kier molecular flexibility index (Phi) is 6.60. The van der Waals surface area contributed by atoms with Gasteiger partial charge in [-0.3, -0.25) is 9.52 Å². The Hall–Kier alpha value is -3.39. The molecular weight excluding hydrogens is 419 g/mol. The molecule has 31 heavy (non-hydrogen) atoms. The minimum atomic E-state index is -3.78. The number of carbonyl (C=O) groups is 1. The highest BCUT2D eigenvalue weighted by Gasteiger charge is 2.16. The number of sulfonamides is 1. The lowest BCUT2D eigenvalue weighted by atomic mass is 10.1. The average molecular weight is 443 g/mol. The van der Waals surface area contributed by atoms with Gasteiger partial charge in [0.2, 0.25) is 0 Å². The smallest absolute Gasteiger partial charge is 0.262 e. The van der Waals surface area contributed by atoms with E-state index in [-0.39, 0.29) is 11.5 Å². The summed E-state index contributed by atoms with van der Waals surface area (Å²) < 4.78 is 46.7. The molecule has 3 aromatic carbocycles. The predicted molar refractivity (Wildman–Crippen MR) is 118 cm³/mol. The monoisotopic (exact) mass is 442 g/mol. The molecule has 0 fully saturated rings. The van der Waals surface area contributed by atoms with Crippen molar-refractivity contribution in [1.82, 2.24) is 0 Å². The van der Waals surface area contributed by atoms with E-state index >= 15 is 0 Å². The Labute approximate surface area is 181 Å². The third kappa shape index (κ3) is 5.82. The molecular formula is C23H23FN2O4S. The maximum atomic E-state index is 13.2. The van der Waals surface area contributed by atoms with Crippen molar-refractivity contribution in [3.63, 3.8) is 0 Å². The number of carbonyl (C=O) groups excluding carboxylic acids is 1. The number of rotatable bonds is 7. The third-order valence-electron chi connectivity index (χ3n) is 4.68. The molecule has 0 saturated heterocycles. The Morgan fingerprint density at radius 2 is 1.68 bits per heavy atom. The molecule has 8 heteroatoms. The molecule has 0 bridgehead atoms. The summed E-state index contributed by atoms with van der Waals surface area (Å²) >= 11 is 0. The van der Waals surface area contributed by atoms with E-state index in [4.69, 9.17) is 4.74 Å². The van der Waals surface area contributed by atoms with Crippen LogP contribution in [0.2, 0.25) is 0 Å². The maximum Gasteiger partial charge on any atom is 0.262 e. The zero-order chi connectivity index (χ0) is 22.6. The van der Waals surface area contributed by atoms with Gasteiger partial charge in [0.25, 0.3) is 15.9 Å². The molecule has 6 nitrogen and oxygen atoms in total. The number of hydrogen-bond donors (Lipinski definition) is 2. The quantitative estimate of drug-likeness (QED) is 0.561. The standard InChI is InChI=1S/C23H23FN2O4S/c1-15-7-8-20(11-16(15)2)26-31(28,29)21-9-10-22(17(3)12-21)30-14-23(27)25-19-6-4-5-18(24)13-19/h4-13,26H,14H2,1-3H3,(H,25,27). The number of ether oxygens (including phenoxy) is 1. The van der Waals surface area contributed by atoms with Crippen molar-refractivity contribution in [3.05, 3.63) is 83.2 Å². The van der Waals surface area contributed by atoms with E-state index in [0.717, 1.165) is 11.1 Å². The van der Waals surface area contributed by atoms with Crippen LogP contribution in [0.25, 0.3) is 0 Å². The second-order valence-corrected chi connectivity index (χ2v) is 8.86. The van der Waals surface area contributed by atoms with Crippen molar-refractivity contribution in [2.45, 2.75) is 25.7 Å². The molecule has 0 heterocycles. The summed E-state index contributed by atoms with van der Waals surface area (Å²) in [6, 6.07) is 15.3. The molecule has 3 aromatic rings. The first-order valence-corrected chi connectivity index (χ1v) is 11.0. The van der Waals surface area contributed by atoms with Crippen LogP contribution in [0.3, 0.4) is 0 Å². The van der Waals surface area contributed by atoms with Gasteiger partial charge in [-0.1, -0.05) is 12.1 Å². The fourth-order valence-corrected chi connectivity index (χ4v) is 4.01. The molecule has 0 spiro atoms. The minimum Gasteiger partial charge on any atom is -0.483 e. The van der Waals surface area contributed by atoms with Crippen LogP contribution in [-0.2, 0) is 14.8 Å². The Bertz CT molecular complexity index is 1230. The number of nitrogens with one attached hydrogen (secondary N) is 2. The molecule has 0 aromatic heterocycles. The molecule has 1 amide bonds. The van der Waals surface area contributed by atoms with Gasteiger partial charge in [-0.2, -0.15) is 0 Å². The first-order chi connectivity index (χ1) is 14.6. The molecule has 0 unspecified atom stereocenters. The van der Waals surface area contributed by atoms with Crippen LogP contribution in [0.1, 0.15) is 16.7 Å². The van der Waals surface area contributed by atoms with E-state index in [1.807, 2.05) is 19.9 Å². The second-order valence-electron chi connectivity index (χ2n) is 7.18. The van der Waals surface area contributed by atoms with Crippen molar-refractivity contribution in [1.29, 1.82) is 0 Å². The summed E-state index contributed by atoms with van der Waals surface area (Å²) in [5.41, 5.74) is 3.42. The third-order valence-corrected chi connectivity index (χ3v) is 6.06. The Balaban J connectivity index is 1.66. The van der Waals surface area contributed by atoms with Crippen LogP contribution in [0.15, 0.2) is 65.6 Å². The highest BCUT2D eigenvalue weighted by Crippen LogP contribution is 2.24. The van der Waals surface area contributed by atoms with Crippen LogP contribution in [0, 0.1) is 26.6 Å². The lowest BCUT2D eigenvalue weighted by Crippen LogP contribution is -2.20. The van der Waals surface area contributed by atoms with E-state index in [1.165, 1.54) is 36.4 Å². The van der Waals surface area contributed by atoms with Gasteiger partial charge in [-0.05, 0) is 86.0 Å². The summed E-state index contributed by atoms with van der Waals surface area (Å²) in [5.74, 6) is -0.543. The Morgan fingerprint density at radius 1 is 0.903 bits per heavy atom. The molecule has 162 valence electrons. The van der Waals surface area contributed by atoms with Crippen LogP contribution in [0.5, 0.6) is 5.75 Å². The van der Waals surface area contributed by atoms with Crippen molar-refractivity contribution in [2.75, 3.05) is 16.6 Å². The summed E-state index contributed by atoms with van der Waals surface area (Å²) in [7, 11) is -3.78. The van der Waals surface area contributed by atoms with Gasteiger partial charge in [-0.15, -0.1) is 0 Å². The molecule has 0 saturated carbocycles. The minimum absolute atomic E-state index is 0.0831. The van der Waals surface area contributed by atoms with Crippen LogP contribution in [-0.4, -0.2) is 20.9 Å². The fourth-order valence-electron chi connectivity index (χ4n) is 2.88. The van der Waals surface area contributed by atoms with Crippen molar-refractivity contribution in [2.24, 2.45) is 0 Å². The van der Waals surface area contributed by atoms with Crippen molar-refractivity contribution < 1.29 is 22.3 Å². The number of anilines is 2. The number of aryl methyl sites for hydroxylation is 3. The lowest BCUT2D eigenvalue weighted by molar-refractivity contribution is -0.118. The zero-order valence-corrected chi connectivity index (χ0v) is 18.2. The first kappa shape index (κ1) is 22.3. The van der Waals surface area contributed by atoms with Crippen LogP contribution in [0.4, 0.5) is 15.8 Å². The van der Waals surface area contributed by atoms with E-state index < -0.39 is 21.7 Å². The largest absolute Gasteiger partial charge is 0.483 e. The van der Waals surface area contributed by atoms with E-state index in [0.29, 0.717) is 22.7 Å². The van der Waals surface area contributed by atoms with Crippen molar-refractivity contribution >= 4 is 27.3 Å². The molecule has 0 aliphatic carbocycles. The fraction of sp³-hybridized carbons (Fsp3) is 0.174. The van der Waals surface area contributed by atoms with Gasteiger partial charge >= 0.3 is 0 Å². The summed E-state index contributed by atoms with van der Waals surface area (Å²) in [4.78, 5) is 12.1. The average Bonchev–Trinajstić information content (AvgIpc) is 2.69. The molecule has 0 radical (unpaired) electrons. The van der Waals surface area contributed by atoms with Crippen LogP contribution >= 0.6 is 0 Å². The number of benzene rings is 3. The lowest BCUT2D eigenvalue weighted by Gasteiger charge is -2.13.